The van der Waals surface area contributed by atoms with Gasteiger partial charge in [-0.3, -0.25) is 4.79 Å². The van der Waals surface area contributed by atoms with E-state index in [-0.39, 0.29) is 11.8 Å². The summed E-state index contributed by atoms with van der Waals surface area (Å²) in [6, 6.07) is 10.6. The number of nitrogens with zero attached hydrogens (tertiary/aromatic N) is 3. The Balaban J connectivity index is 1.94. The van der Waals surface area contributed by atoms with Crippen LogP contribution in [0.25, 0.3) is 22.4 Å². The monoisotopic (exact) mass is 382 g/mol. The number of aromatic nitrogens is 4. The predicted molar refractivity (Wildman–Crippen MR) is 101 cm³/mol. The van der Waals surface area contributed by atoms with Crippen LogP contribution in [0.4, 0.5) is 0 Å². The van der Waals surface area contributed by atoms with E-state index in [4.69, 9.17) is 16.0 Å². The number of rotatable bonds is 3. The number of hydrogen-bond donors (Lipinski definition) is 1. The first-order valence-electron chi connectivity index (χ1n) is 8.37. The second-order valence-electron chi connectivity index (χ2n) is 6.10. The van der Waals surface area contributed by atoms with Crippen LogP contribution in [0.15, 0.2) is 45.6 Å². The molecule has 0 amide bonds. The highest BCUT2D eigenvalue weighted by Gasteiger charge is 2.21. The lowest BCUT2D eigenvalue weighted by Gasteiger charge is -2.08. The highest BCUT2D eigenvalue weighted by Crippen LogP contribution is 2.28. The van der Waals surface area contributed by atoms with Crippen molar-refractivity contribution in [2.24, 2.45) is 0 Å². The van der Waals surface area contributed by atoms with Crippen LogP contribution in [0.2, 0.25) is 5.02 Å². The first-order chi connectivity index (χ1) is 13.0. The van der Waals surface area contributed by atoms with Crippen molar-refractivity contribution in [1.29, 1.82) is 0 Å². The SMILES string of the molecule is CCc1nn(C(=O)c2c(C)cccc2Cl)c2cc(-c3n[nH]c(=O)o3)ccc12. The number of hydrogen-bond acceptors (Lipinski definition) is 5. The Bertz CT molecular complexity index is 1220. The Morgan fingerprint density at radius 3 is 2.78 bits per heavy atom. The molecule has 0 aliphatic carbocycles. The van der Waals surface area contributed by atoms with Crippen molar-refractivity contribution < 1.29 is 9.21 Å². The fourth-order valence-corrected chi connectivity index (χ4v) is 3.39. The van der Waals surface area contributed by atoms with Gasteiger partial charge < -0.3 is 4.42 Å². The molecular formula is C19H15ClN4O3. The van der Waals surface area contributed by atoms with Crippen molar-refractivity contribution >= 4 is 28.4 Å². The molecule has 0 atom stereocenters. The summed E-state index contributed by atoms with van der Waals surface area (Å²) in [6.45, 7) is 3.80. The Hall–Kier alpha value is -3.19. The molecule has 0 saturated carbocycles. The number of benzene rings is 2. The molecule has 0 spiro atoms. The Labute approximate surface area is 158 Å². The van der Waals surface area contributed by atoms with E-state index in [0.717, 1.165) is 16.6 Å². The average Bonchev–Trinajstić information content (AvgIpc) is 3.24. The van der Waals surface area contributed by atoms with E-state index in [1.807, 2.05) is 26.0 Å². The molecule has 0 fully saturated rings. The summed E-state index contributed by atoms with van der Waals surface area (Å²) in [6.07, 6.45) is 0.662. The van der Waals surface area contributed by atoms with Crippen LogP contribution in [0.3, 0.4) is 0 Å². The summed E-state index contributed by atoms with van der Waals surface area (Å²) in [5.74, 6) is -0.812. The van der Waals surface area contributed by atoms with E-state index in [9.17, 15) is 9.59 Å². The fraction of sp³-hybridized carbons (Fsp3) is 0.158. The van der Waals surface area contributed by atoms with Gasteiger partial charge in [-0.25, -0.2) is 9.89 Å². The molecule has 1 N–H and O–H groups in total. The standard InChI is InChI=1S/C19H15ClN4O3/c1-3-14-12-8-7-11(17-21-22-19(26)27-17)9-15(12)24(23-14)18(25)16-10(2)5-4-6-13(16)20/h4-9H,3H2,1-2H3,(H,22,26). The van der Waals surface area contributed by atoms with Crippen LogP contribution in [-0.2, 0) is 6.42 Å². The number of carbonyl (C=O) groups excluding carboxylic acids is 1. The number of H-pyrrole nitrogens is 1. The van der Waals surface area contributed by atoms with Crippen LogP contribution >= 0.6 is 11.6 Å². The number of fused-ring (bicyclic) bond motifs is 1. The molecule has 8 heteroatoms. The molecule has 4 rings (SSSR count). The van der Waals surface area contributed by atoms with Gasteiger partial charge >= 0.3 is 5.76 Å². The van der Waals surface area contributed by atoms with Gasteiger partial charge in [0.2, 0.25) is 5.89 Å². The molecule has 0 bridgehead atoms. The maximum atomic E-state index is 13.2. The molecule has 0 aliphatic heterocycles. The van der Waals surface area contributed by atoms with Crippen LogP contribution in [0.5, 0.6) is 0 Å². The molecule has 7 nitrogen and oxygen atoms in total. The third-order valence-electron chi connectivity index (χ3n) is 4.41. The van der Waals surface area contributed by atoms with Gasteiger partial charge in [0, 0.05) is 10.9 Å². The van der Waals surface area contributed by atoms with Crippen molar-refractivity contribution in [3.05, 3.63) is 68.8 Å². The van der Waals surface area contributed by atoms with Crippen molar-refractivity contribution in [3.63, 3.8) is 0 Å². The Morgan fingerprint density at radius 2 is 2.11 bits per heavy atom. The van der Waals surface area contributed by atoms with Crippen molar-refractivity contribution in [3.8, 4) is 11.5 Å². The minimum absolute atomic E-state index is 0.147. The molecule has 0 saturated heterocycles. The summed E-state index contributed by atoms with van der Waals surface area (Å²) in [4.78, 5) is 24.4. The van der Waals surface area contributed by atoms with Crippen LogP contribution in [0.1, 0.15) is 28.5 Å². The van der Waals surface area contributed by atoms with Crippen LogP contribution < -0.4 is 5.76 Å². The zero-order valence-corrected chi connectivity index (χ0v) is 15.4. The van der Waals surface area contributed by atoms with Gasteiger partial charge in [-0.1, -0.05) is 36.7 Å². The third-order valence-corrected chi connectivity index (χ3v) is 4.72. The van der Waals surface area contributed by atoms with Crippen molar-refractivity contribution in [2.45, 2.75) is 20.3 Å². The lowest BCUT2D eigenvalue weighted by molar-refractivity contribution is 0.0949. The van der Waals surface area contributed by atoms with Gasteiger partial charge in [0.15, 0.2) is 0 Å². The van der Waals surface area contributed by atoms with Gasteiger partial charge in [-0.15, -0.1) is 5.10 Å². The van der Waals surface area contributed by atoms with E-state index in [1.54, 1.807) is 24.3 Å². The van der Waals surface area contributed by atoms with Gasteiger partial charge in [0.25, 0.3) is 5.91 Å². The molecule has 136 valence electrons. The molecule has 0 radical (unpaired) electrons. The van der Waals surface area contributed by atoms with Crippen LogP contribution in [-0.4, -0.2) is 25.9 Å². The summed E-state index contributed by atoms with van der Waals surface area (Å²) < 4.78 is 6.36. The lowest BCUT2D eigenvalue weighted by Crippen LogP contribution is -2.15. The summed E-state index contributed by atoms with van der Waals surface area (Å²) in [7, 11) is 0. The molecule has 0 aliphatic rings. The fourth-order valence-electron chi connectivity index (χ4n) is 3.09. The zero-order chi connectivity index (χ0) is 19.1. The smallest absolute Gasteiger partial charge is 0.388 e. The average molecular weight is 383 g/mol. The number of carbonyl (C=O) groups is 1. The van der Waals surface area contributed by atoms with E-state index in [2.05, 4.69) is 15.3 Å². The molecule has 0 unspecified atom stereocenters. The Morgan fingerprint density at radius 1 is 1.30 bits per heavy atom. The quantitative estimate of drug-likeness (QED) is 0.584. The number of aryl methyl sites for hydroxylation is 2. The molecule has 27 heavy (non-hydrogen) atoms. The molecule has 2 aromatic carbocycles. The third kappa shape index (κ3) is 2.86. The number of halogens is 1. The summed E-state index contributed by atoms with van der Waals surface area (Å²) >= 11 is 6.27. The number of nitrogens with one attached hydrogen (secondary N) is 1. The first kappa shape index (κ1) is 17.2. The van der Waals surface area contributed by atoms with Gasteiger partial charge in [0.1, 0.15) is 0 Å². The number of aromatic amines is 1. The van der Waals surface area contributed by atoms with Crippen molar-refractivity contribution in [1.82, 2.24) is 20.0 Å². The van der Waals surface area contributed by atoms with E-state index >= 15 is 0 Å². The summed E-state index contributed by atoms with van der Waals surface area (Å²) in [5.41, 5.74) is 3.12. The minimum atomic E-state index is -0.643. The largest absolute Gasteiger partial charge is 0.434 e. The van der Waals surface area contributed by atoms with E-state index in [0.29, 0.717) is 28.1 Å². The minimum Gasteiger partial charge on any atom is -0.388 e. The molecule has 2 aromatic heterocycles. The topological polar surface area (TPSA) is 93.8 Å². The highest BCUT2D eigenvalue weighted by atomic mass is 35.5. The highest BCUT2D eigenvalue weighted by molar-refractivity contribution is 6.34. The Kier molecular flexibility index (Phi) is 4.16. The molecular weight excluding hydrogens is 368 g/mol. The normalized spacial score (nSPS) is 11.2. The van der Waals surface area contributed by atoms with Gasteiger partial charge in [-0.05, 0) is 37.1 Å². The first-order valence-corrected chi connectivity index (χ1v) is 8.74. The predicted octanol–water partition coefficient (Wildman–Crippen LogP) is 3.59. The second kappa shape index (κ2) is 6.51. The lowest BCUT2D eigenvalue weighted by atomic mass is 10.1. The van der Waals surface area contributed by atoms with E-state index < -0.39 is 5.76 Å². The maximum absolute atomic E-state index is 13.2. The van der Waals surface area contributed by atoms with Crippen LogP contribution in [0, 0.1) is 6.92 Å². The van der Waals surface area contributed by atoms with Gasteiger partial charge in [-0.2, -0.15) is 9.78 Å². The maximum Gasteiger partial charge on any atom is 0.434 e. The van der Waals surface area contributed by atoms with Gasteiger partial charge in [0.05, 0.1) is 21.8 Å². The second-order valence-corrected chi connectivity index (χ2v) is 6.51. The van der Waals surface area contributed by atoms with Crippen molar-refractivity contribution in [2.75, 3.05) is 0 Å². The molecule has 2 heterocycles. The summed E-state index contributed by atoms with van der Waals surface area (Å²) in [5, 5.41) is 11.8. The zero-order valence-electron chi connectivity index (χ0n) is 14.6. The van der Waals surface area contributed by atoms with E-state index in [1.165, 1.54) is 4.68 Å². The molecule has 4 aromatic rings.